The molecule has 0 spiro atoms. The Morgan fingerprint density at radius 3 is 2.53 bits per heavy atom. The highest BCUT2D eigenvalue weighted by molar-refractivity contribution is 9.10. The first kappa shape index (κ1) is 13.4. The van der Waals surface area contributed by atoms with Crippen LogP contribution in [0.25, 0.3) is 0 Å². The van der Waals surface area contributed by atoms with Crippen LogP contribution in [0.5, 0.6) is 0 Å². The quantitative estimate of drug-likeness (QED) is 0.891. The number of anilines is 1. The predicted molar refractivity (Wildman–Crippen MR) is 80.1 cm³/mol. The lowest BCUT2D eigenvalue weighted by Gasteiger charge is -2.50. The molecule has 3 rings (SSSR count). The van der Waals surface area contributed by atoms with Gasteiger partial charge in [0, 0.05) is 22.6 Å². The molecule has 19 heavy (non-hydrogen) atoms. The summed E-state index contributed by atoms with van der Waals surface area (Å²) in [5, 5.41) is 3.40. The summed E-state index contributed by atoms with van der Waals surface area (Å²) in [7, 11) is 2.04. The molecule has 0 saturated carbocycles. The summed E-state index contributed by atoms with van der Waals surface area (Å²) >= 11 is 3.33. The number of halogens is 2. The average Bonchev–Trinajstić information content (AvgIpc) is 2.37. The van der Waals surface area contributed by atoms with E-state index in [-0.39, 0.29) is 5.82 Å². The van der Waals surface area contributed by atoms with Gasteiger partial charge in [-0.15, -0.1) is 0 Å². The third-order valence-electron chi connectivity index (χ3n) is 4.57. The van der Waals surface area contributed by atoms with E-state index in [0.29, 0.717) is 18.1 Å². The molecule has 1 aromatic rings. The average molecular weight is 327 g/mol. The number of rotatable bonds is 2. The molecule has 0 radical (unpaired) electrons. The fourth-order valence-corrected chi connectivity index (χ4v) is 4.03. The van der Waals surface area contributed by atoms with Gasteiger partial charge in [-0.1, -0.05) is 15.9 Å². The molecule has 2 bridgehead atoms. The van der Waals surface area contributed by atoms with Gasteiger partial charge in [0.25, 0.3) is 0 Å². The van der Waals surface area contributed by atoms with E-state index in [4.69, 9.17) is 0 Å². The van der Waals surface area contributed by atoms with Crippen LogP contribution in [0.1, 0.15) is 32.1 Å². The normalized spacial score (nSPS) is 30.5. The first-order valence-electron chi connectivity index (χ1n) is 7.09. The van der Waals surface area contributed by atoms with Gasteiger partial charge >= 0.3 is 0 Å². The van der Waals surface area contributed by atoms with Gasteiger partial charge in [-0.25, -0.2) is 4.39 Å². The molecule has 2 nitrogen and oxygen atoms in total. The SMILES string of the molecule is CNC1CC2CCCC(C1)N2c1ccc(Br)cc1F. The maximum Gasteiger partial charge on any atom is 0.147 e. The van der Waals surface area contributed by atoms with Crippen LogP contribution in [0.2, 0.25) is 0 Å². The molecule has 2 heterocycles. The highest BCUT2D eigenvalue weighted by atomic mass is 79.9. The fraction of sp³-hybridized carbons (Fsp3) is 0.600. The lowest BCUT2D eigenvalue weighted by atomic mass is 9.81. The maximum absolute atomic E-state index is 14.2. The molecule has 2 unspecified atom stereocenters. The topological polar surface area (TPSA) is 15.3 Å². The van der Waals surface area contributed by atoms with Crippen molar-refractivity contribution >= 4 is 21.6 Å². The third-order valence-corrected chi connectivity index (χ3v) is 5.06. The summed E-state index contributed by atoms with van der Waals surface area (Å²) in [6.07, 6.45) is 5.90. The fourth-order valence-electron chi connectivity index (χ4n) is 3.70. The van der Waals surface area contributed by atoms with E-state index in [1.165, 1.54) is 19.3 Å². The number of benzene rings is 1. The highest BCUT2D eigenvalue weighted by Gasteiger charge is 2.38. The summed E-state index contributed by atoms with van der Waals surface area (Å²) in [4.78, 5) is 2.35. The molecule has 4 heteroatoms. The smallest absolute Gasteiger partial charge is 0.147 e. The summed E-state index contributed by atoms with van der Waals surface area (Å²) in [5.74, 6) is -0.103. The molecular weight excluding hydrogens is 307 g/mol. The first-order chi connectivity index (χ1) is 9.19. The molecule has 1 aromatic carbocycles. The molecule has 1 N–H and O–H groups in total. The number of piperidine rings is 2. The van der Waals surface area contributed by atoms with Crippen LogP contribution >= 0.6 is 15.9 Å². The van der Waals surface area contributed by atoms with Gasteiger partial charge in [-0.2, -0.15) is 0 Å². The monoisotopic (exact) mass is 326 g/mol. The summed E-state index contributed by atoms with van der Waals surface area (Å²) in [5.41, 5.74) is 0.785. The first-order valence-corrected chi connectivity index (χ1v) is 7.89. The number of hydrogen-bond donors (Lipinski definition) is 1. The molecule has 2 saturated heterocycles. The van der Waals surface area contributed by atoms with E-state index in [1.54, 1.807) is 6.07 Å². The Bertz CT molecular complexity index is 451. The van der Waals surface area contributed by atoms with E-state index >= 15 is 0 Å². The van der Waals surface area contributed by atoms with Crippen molar-refractivity contribution in [2.45, 2.75) is 50.2 Å². The van der Waals surface area contributed by atoms with Crippen molar-refractivity contribution in [1.29, 1.82) is 0 Å². The minimum atomic E-state index is -0.103. The van der Waals surface area contributed by atoms with Crippen LogP contribution in [-0.2, 0) is 0 Å². The molecule has 2 atom stereocenters. The number of nitrogens with zero attached hydrogens (tertiary/aromatic N) is 1. The van der Waals surface area contributed by atoms with Crippen LogP contribution in [0.3, 0.4) is 0 Å². The van der Waals surface area contributed by atoms with E-state index in [1.807, 2.05) is 19.2 Å². The Labute approximate surface area is 122 Å². The van der Waals surface area contributed by atoms with E-state index in [0.717, 1.165) is 23.0 Å². The van der Waals surface area contributed by atoms with Gasteiger partial charge in [0.1, 0.15) is 5.82 Å². The van der Waals surface area contributed by atoms with Crippen molar-refractivity contribution in [3.63, 3.8) is 0 Å². The van der Waals surface area contributed by atoms with Crippen molar-refractivity contribution < 1.29 is 4.39 Å². The number of nitrogens with one attached hydrogen (secondary N) is 1. The molecule has 0 aromatic heterocycles. The maximum atomic E-state index is 14.2. The Kier molecular flexibility index (Phi) is 3.81. The zero-order valence-electron chi connectivity index (χ0n) is 11.2. The zero-order valence-corrected chi connectivity index (χ0v) is 12.8. The summed E-state index contributed by atoms with van der Waals surface area (Å²) in [6, 6.07) is 7.00. The Balaban J connectivity index is 1.91. The summed E-state index contributed by atoms with van der Waals surface area (Å²) in [6.45, 7) is 0. The third kappa shape index (κ3) is 2.52. The van der Waals surface area contributed by atoms with Gasteiger partial charge in [0.05, 0.1) is 5.69 Å². The van der Waals surface area contributed by atoms with Gasteiger partial charge in [-0.05, 0) is 57.4 Å². The molecule has 0 aliphatic carbocycles. The van der Waals surface area contributed by atoms with Gasteiger partial charge < -0.3 is 10.2 Å². The molecule has 2 aliphatic heterocycles. The largest absolute Gasteiger partial charge is 0.363 e. The molecule has 0 amide bonds. The minimum Gasteiger partial charge on any atom is -0.363 e. The Morgan fingerprint density at radius 1 is 1.26 bits per heavy atom. The van der Waals surface area contributed by atoms with Gasteiger partial charge in [0.15, 0.2) is 0 Å². The van der Waals surface area contributed by atoms with Crippen LogP contribution in [-0.4, -0.2) is 25.2 Å². The van der Waals surface area contributed by atoms with Crippen molar-refractivity contribution in [3.05, 3.63) is 28.5 Å². The lowest BCUT2D eigenvalue weighted by Crippen LogP contribution is -2.56. The second-order valence-corrected chi connectivity index (χ2v) is 6.61. The standard InChI is InChI=1S/C15H20BrFN2/c1-18-11-8-12-3-2-4-13(9-11)19(12)15-6-5-10(16)7-14(15)17/h5-7,11-13,18H,2-4,8-9H2,1H3. The van der Waals surface area contributed by atoms with Crippen LogP contribution in [0, 0.1) is 5.82 Å². The lowest BCUT2D eigenvalue weighted by molar-refractivity contribution is 0.250. The van der Waals surface area contributed by atoms with Crippen LogP contribution in [0.4, 0.5) is 10.1 Å². The summed E-state index contributed by atoms with van der Waals surface area (Å²) < 4.78 is 15.0. The molecule has 104 valence electrons. The predicted octanol–water partition coefficient (Wildman–Crippen LogP) is 3.70. The second-order valence-electron chi connectivity index (χ2n) is 5.70. The van der Waals surface area contributed by atoms with Crippen molar-refractivity contribution in [2.75, 3.05) is 11.9 Å². The molecule has 2 aliphatic rings. The highest BCUT2D eigenvalue weighted by Crippen LogP contribution is 2.39. The molecule has 2 fully saturated rings. The van der Waals surface area contributed by atoms with E-state index < -0.39 is 0 Å². The number of hydrogen-bond acceptors (Lipinski definition) is 2. The van der Waals surface area contributed by atoms with Crippen molar-refractivity contribution in [3.8, 4) is 0 Å². The second kappa shape index (κ2) is 5.41. The minimum absolute atomic E-state index is 0.103. The van der Waals surface area contributed by atoms with Crippen molar-refractivity contribution in [1.82, 2.24) is 5.32 Å². The van der Waals surface area contributed by atoms with Crippen LogP contribution in [0.15, 0.2) is 22.7 Å². The number of fused-ring (bicyclic) bond motifs is 2. The zero-order chi connectivity index (χ0) is 13.4. The van der Waals surface area contributed by atoms with Gasteiger partial charge in [-0.3, -0.25) is 0 Å². The van der Waals surface area contributed by atoms with E-state index in [2.05, 4.69) is 26.1 Å². The van der Waals surface area contributed by atoms with Crippen molar-refractivity contribution in [2.24, 2.45) is 0 Å². The Hall–Kier alpha value is -0.610. The van der Waals surface area contributed by atoms with Crippen LogP contribution < -0.4 is 10.2 Å². The van der Waals surface area contributed by atoms with E-state index in [9.17, 15) is 4.39 Å². The van der Waals surface area contributed by atoms with Gasteiger partial charge in [0.2, 0.25) is 0 Å². The molecular formula is C15H20BrFN2. The Morgan fingerprint density at radius 2 is 1.95 bits per heavy atom.